The minimum absolute atomic E-state index is 0. The summed E-state index contributed by atoms with van der Waals surface area (Å²) in [6.07, 6.45) is 7.72. The molecule has 0 amide bonds. The molecule has 0 aromatic heterocycles. The predicted molar refractivity (Wildman–Crippen MR) is 80.0 cm³/mol. The molecule has 0 aliphatic rings. The molecule has 0 heterocycles. The van der Waals surface area contributed by atoms with Gasteiger partial charge in [0.15, 0.2) is 0 Å². The molecule has 0 N–H and O–H groups in total. The van der Waals surface area contributed by atoms with Gasteiger partial charge in [0.05, 0.1) is 5.75 Å². The Bertz CT molecular complexity index is 437. The Hall–Kier alpha value is 0.606. The van der Waals surface area contributed by atoms with Crippen LogP contribution >= 0.6 is 0 Å². The molecule has 20 heavy (non-hydrogen) atoms. The Morgan fingerprint density at radius 3 is 2.10 bits per heavy atom. The molecule has 110 valence electrons. The number of hydrogen-bond donors (Lipinski definition) is 0. The zero-order valence-electron chi connectivity index (χ0n) is 13.7. The van der Waals surface area contributed by atoms with Gasteiger partial charge >= 0.3 is 61.5 Å². The van der Waals surface area contributed by atoms with Crippen LogP contribution in [0.1, 0.15) is 53.3 Å². The zero-order chi connectivity index (χ0) is 14.0. The van der Waals surface area contributed by atoms with Gasteiger partial charge in [-0.3, -0.25) is 0 Å². The average Bonchev–Trinajstić information content (AvgIpc) is 2.38. The quantitative estimate of drug-likeness (QED) is 0.370. The third-order valence-corrected chi connectivity index (χ3v) is 4.20. The predicted octanol–water partition coefficient (Wildman–Crippen LogP) is 1.26. The summed E-state index contributed by atoms with van der Waals surface area (Å²) in [5, 5.41) is 0. The van der Waals surface area contributed by atoms with Gasteiger partial charge in [0.25, 0.3) is 0 Å². The van der Waals surface area contributed by atoms with Crippen molar-refractivity contribution in [3.05, 3.63) is 30.3 Å². The summed E-state index contributed by atoms with van der Waals surface area (Å²) < 4.78 is 28.4. The van der Waals surface area contributed by atoms with E-state index in [9.17, 15) is 8.42 Å². The van der Waals surface area contributed by atoms with E-state index in [0.29, 0.717) is 12.2 Å². The maximum atomic E-state index is 11.7. The van der Waals surface area contributed by atoms with Crippen molar-refractivity contribution >= 4 is 10.1 Å². The van der Waals surface area contributed by atoms with E-state index in [1.807, 2.05) is 6.07 Å². The van der Waals surface area contributed by atoms with Crippen molar-refractivity contribution in [3.8, 4) is 5.75 Å². The molecule has 0 aliphatic carbocycles. The first-order chi connectivity index (χ1) is 9.14. The molecule has 0 aliphatic heterocycles. The van der Waals surface area contributed by atoms with Gasteiger partial charge < -0.3 is 5.61 Å². The molecule has 1 aromatic carbocycles. The molecule has 1 rings (SSSR count). The first-order valence-corrected chi connectivity index (χ1v) is 8.69. The number of hydrogen-bond acceptors (Lipinski definition) is 3. The smallest absolute Gasteiger partial charge is 1.00 e. The van der Waals surface area contributed by atoms with Gasteiger partial charge in [-0.2, -0.15) is 8.42 Å². The first-order valence-electron chi connectivity index (χ1n) is 7.11. The van der Waals surface area contributed by atoms with Crippen LogP contribution in [-0.2, 0) is 10.1 Å². The van der Waals surface area contributed by atoms with E-state index in [-0.39, 0.29) is 58.6 Å². The minimum Gasteiger partial charge on any atom is -1.00 e. The molecular weight excluding hydrogens is 299 g/mol. The summed E-state index contributed by atoms with van der Waals surface area (Å²) in [4.78, 5) is 0. The van der Waals surface area contributed by atoms with Gasteiger partial charge in [-0.1, -0.05) is 63.6 Å². The van der Waals surface area contributed by atoms with Crippen molar-refractivity contribution in [1.29, 1.82) is 0 Å². The maximum Gasteiger partial charge on any atom is 1.00 e. The van der Waals surface area contributed by atoms with Crippen molar-refractivity contribution in [2.75, 3.05) is 5.75 Å². The molecule has 0 fully saturated rings. The van der Waals surface area contributed by atoms with Crippen LogP contribution in [0.15, 0.2) is 30.3 Å². The maximum absolute atomic E-state index is 11.7. The van der Waals surface area contributed by atoms with Crippen LogP contribution in [0.3, 0.4) is 0 Å². The summed E-state index contributed by atoms with van der Waals surface area (Å²) >= 11 is 0. The van der Waals surface area contributed by atoms with Crippen LogP contribution in [0.4, 0.5) is 0 Å². The molecule has 1 aromatic rings. The molecule has 0 atom stereocenters. The molecule has 0 saturated heterocycles. The topological polar surface area (TPSA) is 43.4 Å². The first kappa shape index (κ1) is 20.6. The summed E-state index contributed by atoms with van der Waals surface area (Å²) in [6.45, 7) is 2.19. The normalized spacial score (nSPS) is 10.8. The third-order valence-electron chi connectivity index (χ3n) is 2.96. The Kier molecular flexibility index (Phi) is 12.5. The second-order valence-corrected chi connectivity index (χ2v) is 6.47. The standard InChI is InChI=1S/C15H24O3S.K.H/c1-2-3-4-5-6-7-11-14-19(16,17)18-15-12-9-8-10-13-15;;/h8-10,12-13H,2-7,11,14H2,1H3;;/q;+1;-1. The van der Waals surface area contributed by atoms with Crippen LogP contribution in [0.2, 0.25) is 0 Å². The zero-order valence-corrected chi connectivity index (χ0v) is 16.6. The van der Waals surface area contributed by atoms with Gasteiger partial charge in [0.1, 0.15) is 5.75 Å². The fourth-order valence-corrected chi connectivity index (χ4v) is 2.95. The number of para-hydroxylation sites is 1. The van der Waals surface area contributed by atoms with E-state index in [1.54, 1.807) is 24.3 Å². The molecule has 5 heteroatoms. The van der Waals surface area contributed by atoms with E-state index in [2.05, 4.69) is 6.92 Å². The summed E-state index contributed by atoms with van der Waals surface area (Å²) in [6, 6.07) is 8.66. The third kappa shape index (κ3) is 10.4. The Labute approximate surface area is 167 Å². The average molecular weight is 325 g/mol. The molecular formula is C15H25KO3S. The van der Waals surface area contributed by atoms with Gasteiger partial charge in [0.2, 0.25) is 0 Å². The largest absolute Gasteiger partial charge is 1.00 e. The van der Waals surface area contributed by atoms with Gasteiger partial charge in [-0.25, -0.2) is 0 Å². The summed E-state index contributed by atoms with van der Waals surface area (Å²) in [5.74, 6) is 0.501. The Morgan fingerprint density at radius 2 is 1.50 bits per heavy atom. The Balaban J connectivity index is 0. The van der Waals surface area contributed by atoms with Crippen LogP contribution in [0.5, 0.6) is 5.75 Å². The fourth-order valence-electron chi connectivity index (χ4n) is 1.90. The molecule has 0 unspecified atom stereocenters. The van der Waals surface area contributed by atoms with E-state index in [4.69, 9.17) is 4.18 Å². The van der Waals surface area contributed by atoms with Gasteiger partial charge in [-0.05, 0) is 18.6 Å². The van der Waals surface area contributed by atoms with Gasteiger partial charge in [-0.15, -0.1) is 0 Å². The van der Waals surface area contributed by atoms with E-state index < -0.39 is 10.1 Å². The summed E-state index contributed by atoms with van der Waals surface area (Å²) in [7, 11) is -3.43. The number of unbranched alkanes of at least 4 members (excludes halogenated alkanes) is 6. The molecule has 0 radical (unpaired) electrons. The monoisotopic (exact) mass is 324 g/mol. The van der Waals surface area contributed by atoms with Crippen LogP contribution in [0, 0.1) is 0 Å². The number of benzene rings is 1. The van der Waals surface area contributed by atoms with Crippen LogP contribution in [-0.4, -0.2) is 14.2 Å². The van der Waals surface area contributed by atoms with Crippen molar-refractivity contribution in [3.63, 3.8) is 0 Å². The second kappa shape index (κ2) is 12.2. The number of rotatable bonds is 10. The van der Waals surface area contributed by atoms with Crippen LogP contribution < -0.4 is 55.6 Å². The molecule has 0 saturated carbocycles. The van der Waals surface area contributed by atoms with Crippen LogP contribution in [0.25, 0.3) is 0 Å². The molecule has 0 bridgehead atoms. The van der Waals surface area contributed by atoms with Crippen molar-refractivity contribution in [2.45, 2.75) is 51.9 Å². The van der Waals surface area contributed by atoms with E-state index in [0.717, 1.165) is 12.8 Å². The van der Waals surface area contributed by atoms with Gasteiger partial charge in [0, 0.05) is 0 Å². The van der Waals surface area contributed by atoms with E-state index in [1.165, 1.54) is 25.7 Å². The van der Waals surface area contributed by atoms with E-state index >= 15 is 0 Å². The SMILES string of the molecule is CCCCCCCCCS(=O)(=O)Oc1ccccc1.[H-].[K+]. The van der Waals surface area contributed by atoms with Crippen molar-refractivity contribution in [2.24, 2.45) is 0 Å². The van der Waals surface area contributed by atoms with Crippen molar-refractivity contribution in [1.82, 2.24) is 0 Å². The Morgan fingerprint density at radius 1 is 0.950 bits per heavy atom. The fraction of sp³-hybridized carbons (Fsp3) is 0.600. The minimum atomic E-state index is -3.43. The molecule has 3 nitrogen and oxygen atoms in total. The molecule has 0 spiro atoms. The van der Waals surface area contributed by atoms with Crippen molar-refractivity contribution < 1.29 is 65.4 Å². The summed E-state index contributed by atoms with van der Waals surface area (Å²) in [5.41, 5.74) is 0. The second-order valence-electron chi connectivity index (χ2n) is 4.78.